The molecule has 2 N–H and O–H groups in total. The molecule has 0 fully saturated rings. The third-order valence-corrected chi connectivity index (χ3v) is 6.38. The molecule has 0 bridgehead atoms. The number of aliphatic hydroxyl groups is 1. The molecular formula is C22H22Cl2NO5S+. The van der Waals surface area contributed by atoms with Crippen LogP contribution in [0.4, 0.5) is 0 Å². The Kier molecular flexibility index (Phi) is 8.15. The van der Waals surface area contributed by atoms with Crippen molar-refractivity contribution in [2.75, 3.05) is 14.2 Å². The Morgan fingerprint density at radius 3 is 2.35 bits per heavy atom. The minimum atomic E-state index is -0.651. The molecule has 3 rings (SSSR count). The Morgan fingerprint density at radius 2 is 1.74 bits per heavy atom. The normalized spacial score (nSPS) is 11.8. The first-order valence-corrected chi connectivity index (χ1v) is 11.0. The highest BCUT2D eigenvalue weighted by molar-refractivity contribution is 7.12. The summed E-state index contributed by atoms with van der Waals surface area (Å²) in [5, 5.41) is 10.1. The number of carbonyl (C=O) groups is 1. The van der Waals surface area contributed by atoms with Crippen LogP contribution in [0, 0.1) is 0 Å². The molecular weight excluding hydrogens is 461 g/mol. The number of nitrogens with one attached hydrogen (secondary N) is 1. The second kappa shape index (κ2) is 10.8. The molecule has 6 nitrogen and oxygen atoms in total. The van der Waals surface area contributed by atoms with Crippen LogP contribution in [0.1, 0.15) is 27.0 Å². The number of benzene rings is 1. The largest absolute Gasteiger partial charge is 0.493 e. The highest BCUT2D eigenvalue weighted by atomic mass is 35.5. The molecule has 0 saturated heterocycles. The van der Waals surface area contributed by atoms with Crippen LogP contribution in [0.5, 0.6) is 11.5 Å². The Bertz CT molecular complexity index is 1040. The number of aliphatic hydroxyl groups excluding tert-OH is 1. The molecule has 0 unspecified atom stereocenters. The molecule has 0 spiro atoms. The predicted molar refractivity (Wildman–Crippen MR) is 119 cm³/mol. The van der Waals surface area contributed by atoms with Crippen molar-refractivity contribution < 1.29 is 29.1 Å². The summed E-state index contributed by atoms with van der Waals surface area (Å²) in [5.74, 6) is 0.683. The Morgan fingerprint density at radius 1 is 1.06 bits per heavy atom. The number of hydrogen-bond acceptors (Lipinski definition) is 6. The van der Waals surface area contributed by atoms with Gasteiger partial charge in [-0.05, 0) is 29.8 Å². The molecule has 2 heterocycles. The summed E-state index contributed by atoms with van der Waals surface area (Å²) in [6.07, 6.45) is 2.97. The van der Waals surface area contributed by atoms with Crippen molar-refractivity contribution in [3.8, 4) is 11.5 Å². The number of esters is 1. The summed E-state index contributed by atoms with van der Waals surface area (Å²) in [6.45, 7) is -0.0595. The average molecular weight is 483 g/mol. The molecule has 0 amide bonds. The number of thiophene rings is 1. The van der Waals surface area contributed by atoms with Crippen LogP contribution in [-0.4, -0.2) is 25.3 Å². The van der Waals surface area contributed by atoms with E-state index in [4.69, 9.17) is 37.4 Å². The summed E-state index contributed by atoms with van der Waals surface area (Å²) in [4.78, 5) is 17.2. The summed E-state index contributed by atoms with van der Waals surface area (Å²) in [7, 11) is 3.09. The fourth-order valence-electron chi connectivity index (χ4n) is 3.08. The number of methoxy groups -OCH3 is 2. The van der Waals surface area contributed by atoms with Crippen molar-refractivity contribution in [3.05, 3.63) is 73.7 Å². The second-order valence-electron chi connectivity index (χ2n) is 6.63. The highest BCUT2D eigenvalue weighted by Crippen LogP contribution is 2.35. The first-order chi connectivity index (χ1) is 14.9. The monoisotopic (exact) mass is 482 g/mol. The van der Waals surface area contributed by atoms with Crippen molar-refractivity contribution in [1.82, 2.24) is 0 Å². The van der Waals surface area contributed by atoms with Gasteiger partial charge in [0.25, 0.3) is 0 Å². The number of pyridine rings is 1. The van der Waals surface area contributed by atoms with Gasteiger partial charge >= 0.3 is 5.97 Å². The number of hydrogen-bond donors (Lipinski definition) is 1. The fraction of sp³-hybridized carbons (Fsp3) is 0.273. The number of aromatic amines is 1. The number of carbonyl (C=O) groups excluding carboxylic acids is 1. The van der Waals surface area contributed by atoms with Crippen LogP contribution in [0.15, 0.2) is 42.7 Å². The fourth-order valence-corrected chi connectivity index (χ4v) is 4.48. The lowest BCUT2D eigenvalue weighted by molar-refractivity contribution is -0.377. The Hall–Kier alpha value is -2.32. The molecule has 9 heteroatoms. The van der Waals surface area contributed by atoms with Crippen molar-refractivity contribution in [1.29, 1.82) is 0 Å². The molecule has 3 aromatic rings. The van der Waals surface area contributed by atoms with Crippen LogP contribution in [-0.2, 0) is 29.0 Å². The molecule has 2 aromatic heterocycles. The minimum Gasteiger partial charge on any atom is -0.493 e. The maximum Gasteiger partial charge on any atom is 0.311 e. The third-order valence-electron chi connectivity index (χ3n) is 4.63. The predicted octanol–water partition coefficient (Wildman–Crippen LogP) is 4.45. The number of H-pyrrole nitrogens is 1. The molecule has 0 aliphatic carbocycles. The lowest BCUT2D eigenvalue weighted by atomic mass is 10.0. The summed E-state index contributed by atoms with van der Waals surface area (Å²) < 4.78 is 16.5. The molecule has 31 heavy (non-hydrogen) atoms. The minimum absolute atomic E-state index is 0.0595. The smallest absolute Gasteiger partial charge is 0.311 e. The van der Waals surface area contributed by atoms with E-state index in [2.05, 4.69) is 4.98 Å². The Balaban J connectivity index is 1.89. The van der Waals surface area contributed by atoms with Gasteiger partial charge in [0.1, 0.15) is 16.1 Å². The molecule has 164 valence electrons. The lowest BCUT2D eigenvalue weighted by Gasteiger charge is -2.20. The van der Waals surface area contributed by atoms with E-state index in [1.54, 1.807) is 44.8 Å². The van der Waals surface area contributed by atoms with Crippen LogP contribution in [0.2, 0.25) is 10.0 Å². The van der Waals surface area contributed by atoms with Gasteiger partial charge in [0.05, 0.1) is 27.2 Å². The van der Waals surface area contributed by atoms with E-state index in [9.17, 15) is 9.90 Å². The van der Waals surface area contributed by atoms with Crippen LogP contribution < -0.4 is 14.5 Å². The molecule has 0 saturated carbocycles. The Labute approximate surface area is 194 Å². The maximum atomic E-state index is 12.7. The van der Waals surface area contributed by atoms with Crippen LogP contribution in [0.3, 0.4) is 0 Å². The van der Waals surface area contributed by atoms with Crippen molar-refractivity contribution in [3.63, 3.8) is 0 Å². The van der Waals surface area contributed by atoms with Crippen molar-refractivity contribution >= 4 is 40.5 Å². The van der Waals surface area contributed by atoms with Gasteiger partial charge in [-0.2, -0.15) is 0 Å². The zero-order chi connectivity index (χ0) is 22.4. The zero-order valence-corrected chi connectivity index (χ0v) is 19.3. The molecule has 0 aliphatic heterocycles. The molecule has 1 atom stereocenters. The number of ether oxygens (including phenoxy) is 3. The van der Waals surface area contributed by atoms with Gasteiger partial charge in [0, 0.05) is 21.7 Å². The standard InChI is InChI=1S/C22H21Cl2NO5S/c1-28-19-6-3-13(7-21(19)29-2)20(9-16-17(23)10-25-11-18(16)24)30-22(27)8-14-4-5-15(12-26)31-14/h3-7,10-11,20,26H,8-9,12H2,1-2H3/p+1/t20-/m0/s1. The molecule has 0 aliphatic rings. The van der Waals surface area contributed by atoms with Crippen LogP contribution in [0.25, 0.3) is 0 Å². The second-order valence-corrected chi connectivity index (χ2v) is 8.70. The van der Waals surface area contributed by atoms with E-state index in [1.165, 1.54) is 11.3 Å². The first-order valence-electron chi connectivity index (χ1n) is 9.39. The van der Waals surface area contributed by atoms with Gasteiger partial charge in [0.2, 0.25) is 0 Å². The quantitative estimate of drug-likeness (QED) is 0.455. The molecule has 1 aromatic carbocycles. The highest BCUT2D eigenvalue weighted by Gasteiger charge is 2.23. The molecule has 0 radical (unpaired) electrons. The number of rotatable bonds is 9. The van der Waals surface area contributed by atoms with E-state index in [-0.39, 0.29) is 19.4 Å². The van der Waals surface area contributed by atoms with Gasteiger partial charge in [-0.3, -0.25) is 4.79 Å². The van der Waals surface area contributed by atoms with Gasteiger partial charge in [-0.25, -0.2) is 4.98 Å². The van der Waals surface area contributed by atoms with Crippen LogP contribution >= 0.6 is 34.5 Å². The summed E-state index contributed by atoms with van der Waals surface area (Å²) in [5.41, 5.74) is 1.38. The van der Waals surface area contributed by atoms with E-state index in [1.807, 2.05) is 12.1 Å². The number of halogens is 2. The summed E-state index contributed by atoms with van der Waals surface area (Å²) >= 11 is 14.0. The van der Waals surface area contributed by atoms with E-state index >= 15 is 0 Å². The SMILES string of the molecule is COc1ccc([C@H](Cc2c(Cl)c[nH+]cc2Cl)OC(=O)Cc2ccc(CO)s2)cc1OC. The first kappa shape index (κ1) is 23.3. The lowest BCUT2D eigenvalue weighted by Crippen LogP contribution is -2.16. The zero-order valence-electron chi connectivity index (χ0n) is 17.0. The third kappa shape index (κ3) is 5.89. The average Bonchev–Trinajstić information content (AvgIpc) is 3.22. The topological polar surface area (TPSA) is 79.1 Å². The van der Waals surface area contributed by atoms with E-state index < -0.39 is 12.1 Å². The van der Waals surface area contributed by atoms with Gasteiger partial charge in [-0.15, -0.1) is 11.3 Å². The van der Waals surface area contributed by atoms with Crippen molar-refractivity contribution in [2.24, 2.45) is 0 Å². The van der Waals surface area contributed by atoms with E-state index in [0.29, 0.717) is 32.7 Å². The maximum absolute atomic E-state index is 12.7. The van der Waals surface area contributed by atoms with Gasteiger partial charge < -0.3 is 19.3 Å². The van der Waals surface area contributed by atoms with E-state index in [0.717, 1.165) is 9.75 Å². The number of aromatic nitrogens is 1. The summed E-state index contributed by atoms with van der Waals surface area (Å²) in [6, 6.07) is 8.93. The van der Waals surface area contributed by atoms with Crippen molar-refractivity contribution in [2.45, 2.75) is 25.6 Å². The van der Waals surface area contributed by atoms with Gasteiger partial charge in [0.15, 0.2) is 23.9 Å². The van der Waals surface area contributed by atoms with Gasteiger partial charge in [-0.1, -0.05) is 29.3 Å².